The Balaban J connectivity index is 3.18. The molecule has 102 valence electrons. The first kappa shape index (κ1) is 18.6. The molecule has 0 saturated carbocycles. The fourth-order valence-electron chi connectivity index (χ4n) is 1.27. The zero-order valence-corrected chi connectivity index (χ0v) is 18.8. The van der Waals surface area contributed by atoms with Gasteiger partial charge in [0.2, 0.25) is 0 Å². The number of benzene rings is 1. The van der Waals surface area contributed by atoms with Crippen LogP contribution < -0.4 is 0 Å². The second-order valence-corrected chi connectivity index (χ2v) is 9.80. The van der Waals surface area contributed by atoms with E-state index in [0.717, 1.165) is 39.6 Å². The van der Waals surface area contributed by atoms with Crippen molar-refractivity contribution in [3.8, 4) is 0 Å². The van der Waals surface area contributed by atoms with E-state index in [2.05, 4.69) is 89.0 Å². The maximum atomic E-state index is 4.23. The summed E-state index contributed by atoms with van der Waals surface area (Å²) in [6.45, 7) is 0. The van der Waals surface area contributed by atoms with E-state index < -0.39 is 0 Å². The van der Waals surface area contributed by atoms with E-state index in [4.69, 9.17) is 0 Å². The van der Waals surface area contributed by atoms with Crippen LogP contribution in [0.5, 0.6) is 0 Å². The van der Waals surface area contributed by atoms with E-state index >= 15 is 0 Å². The van der Waals surface area contributed by atoms with Crippen LogP contribution in [0.2, 0.25) is 0 Å². The Morgan fingerprint density at radius 1 is 0.667 bits per heavy atom. The van der Waals surface area contributed by atoms with E-state index in [9.17, 15) is 0 Å². The Bertz CT molecular complexity index is 357. The largest absolute Gasteiger partial charge is 0.168 e. The predicted octanol–water partition coefficient (Wildman–Crippen LogP) is 6.98. The van der Waals surface area contributed by atoms with E-state index in [1.54, 1.807) is 23.5 Å². The zero-order chi connectivity index (χ0) is 13.7. The SMILES string of the molecule is SCSCc1c(Br)c(Br)c(CSCS)c(Br)c1Br. The topological polar surface area (TPSA) is 0 Å². The van der Waals surface area contributed by atoms with E-state index in [1.165, 1.54) is 11.1 Å². The first-order chi connectivity index (χ1) is 8.54. The van der Waals surface area contributed by atoms with Gasteiger partial charge in [-0.15, -0.1) is 23.5 Å². The number of hydrogen-bond acceptors (Lipinski definition) is 4. The van der Waals surface area contributed by atoms with Crippen LogP contribution in [0.25, 0.3) is 0 Å². The molecule has 0 unspecified atom stereocenters. The molecular weight excluding hydrogens is 568 g/mol. The van der Waals surface area contributed by atoms with E-state index in [-0.39, 0.29) is 0 Å². The molecule has 0 N–H and O–H groups in total. The molecule has 1 aromatic carbocycles. The standard InChI is InChI=1S/C10H10Br4S4/c11-7-5(1-17-3-15)8(12)10(14)6(9(7)13)2-18-4-16/h15-16H,1-4H2. The van der Waals surface area contributed by atoms with Gasteiger partial charge in [-0.05, 0) is 74.8 Å². The first-order valence-corrected chi connectivity index (χ1v) is 11.5. The fraction of sp³-hybridized carbons (Fsp3) is 0.400. The van der Waals surface area contributed by atoms with Crippen molar-refractivity contribution in [2.45, 2.75) is 11.5 Å². The summed E-state index contributed by atoms with van der Waals surface area (Å²) in [4.78, 5) is 0. The van der Waals surface area contributed by atoms with Crippen molar-refractivity contribution >= 4 is 113 Å². The number of hydrogen-bond donors (Lipinski definition) is 2. The summed E-state index contributed by atoms with van der Waals surface area (Å²) in [6.07, 6.45) is 0. The minimum Gasteiger partial charge on any atom is -0.168 e. The minimum atomic E-state index is 0.811. The zero-order valence-electron chi connectivity index (χ0n) is 9.05. The van der Waals surface area contributed by atoms with Crippen molar-refractivity contribution in [1.29, 1.82) is 0 Å². The highest BCUT2D eigenvalue weighted by Gasteiger charge is 2.18. The summed E-state index contributed by atoms with van der Waals surface area (Å²) in [5, 5.41) is 1.62. The normalized spacial score (nSPS) is 11.0. The third-order valence-corrected chi connectivity index (χ3v) is 9.13. The minimum absolute atomic E-state index is 0.811. The van der Waals surface area contributed by atoms with Gasteiger partial charge in [-0.1, -0.05) is 0 Å². The van der Waals surface area contributed by atoms with Crippen molar-refractivity contribution < 1.29 is 0 Å². The lowest BCUT2D eigenvalue weighted by Gasteiger charge is -2.16. The molecule has 0 aliphatic carbocycles. The van der Waals surface area contributed by atoms with Crippen LogP contribution in [0.15, 0.2) is 17.9 Å². The number of thioether (sulfide) groups is 2. The highest BCUT2D eigenvalue weighted by atomic mass is 79.9. The van der Waals surface area contributed by atoms with Gasteiger partial charge in [-0.2, -0.15) is 25.3 Å². The maximum absolute atomic E-state index is 4.23. The number of rotatable bonds is 6. The molecule has 0 atom stereocenters. The number of thiol groups is 2. The molecule has 1 rings (SSSR count). The molecule has 0 radical (unpaired) electrons. The molecule has 0 saturated heterocycles. The monoisotopic (exact) mass is 574 g/mol. The van der Waals surface area contributed by atoms with Crippen molar-refractivity contribution in [2.75, 3.05) is 10.2 Å². The Morgan fingerprint density at radius 2 is 0.944 bits per heavy atom. The third-order valence-electron chi connectivity index (χ3n) is 2.12. The van der Waals surface area contributed by atoms with Gasteiger partial charge in [0.1, 0.15) is 0 Å². The van der Waals surface area contributed by atoms with Gasteiger partial charge in [0.15, 0.2) is 0 Å². The summed E-state index contributed by atoms with van der Waals surface area (Å²) >= 11 is 26.7. The number of halogens is 4. The quantitative estimate of drug-likeness (QED) is 0.213. The predicted molar refractivity (Wildman–Crippen MR) is 108 cm³/mol. The van der Waals surface area contributed by atoms with Crippen molar-refractivity contribution in [1.82, 2.24) is 0 Å². The molecule has 1 aromatic rings. The van der Waals surface area contributed by atoms with Gasteiger partial charge in [0.05, 0.1) is 0 Å². The Kier molecular flexibility index (Phi) is 9.85. The first-order valence-electron chi connectivity index (χ1n) is 4.75. The molecule has 0 aliphatic heterocycles. The summed E-state index contributed by atoms with van der Waals surface area (Å²) < 4.78 is 4.45. The van der Waals surface area contributed by atoms with Gasteiger partial charge in [0, 0.05) is 39.6 Å². The van der Waals surface area contributed by atoms with Gasteiger partial charge in [-0.3, -0.25) is 0 Å². The Labute approximate surface area is 161 Å². The lowest BCUT2D eigenvalue weighted by molar-refractivity contribution is 1.24. The highest BCUT2D eigenvalue weighted by Crippen LogP contribution is 2.44. The van der Waals surface area contributed by atoms with Crippen LogP contribution >= 0.6 is 113 Å². The third kappa shape index (κ3) is 4.78. The van der Waals surface area contributed by atoms with Crippen LogP contribution in [-0.2, 0) is 11.5 Å². The molecule has 0 aromatic heterocycles. The maximum Gasteiger partial charge on any atom is 0.0373 e. The van der Waals surface area contributed by atoms with Crippen LogP contribution in [-0.4, -0.2) is 10.2 Å². The average Bonchev–Trinajstić information content (AvgIpc) is 2.37. The lowest BCUT2D eigenvalue weighted by Crippen LogP contribution is -1.95. The molecule has 0 aliphatic rings. The summed E-state index contributed by atoms with van der Waals surface area (Å²) in [5.41, 5.74) is 2.49. The Morgan fingerprint density at radius 3 is 1.17 bits per heavy atom. The lowest BCUT2D eigenvalue weighted by atomic mass is 10.2. The second kappa shape index (κ2) is 9.54. The molecule has 8 heteroatoms. The van der Waals surface area contributed by atoms with Crippen molar-refractivity contribution in [3.63, 3.8) is 0 Å². The molecule has 0 bridgehead atoms. The smallest absolute Gasteiger partial charge is 0.0373 e. The van der Waals surface area contributed by atoms with Crippen LogP contribution in [0.3, 0.4) is 0 Å². The van der Waals surface area contributed by atoms with Crippen molar-refractivity contribution in [2.24, 2.45) is 0 Å². The van der Waals surface area contributed by atoms with Crippen LogP contribution in [0.1, 0.15) is 11.1 Å². The van der Waals surface area contributed by atoms with Gasteiger partial charge in [-0.25, -0.2) is 0 Å². The summed E-state index contributed by atoms with van der Waals surface area (Å²) in [6, 6.07) is 0. The summed E-state index contributed by atoms with van der Waals surface area (Å²) in [5.74, 6) is 1.84. The van der Waals surface area contributed by atoms with Crippen LogP contribution in [0, 0.1) is 0 Å². The average molecular weight is 578 g/mol. The van der Waals surface area contributed by atoms with Gasteiger partial charge < -0.3 is 0 Å². The van der Waals surface area contributed by atoms with E-state index in [1.807, 2.05) is 0 Å². The molecule has 0 fully saturated rings. The fourth-order valence-corrected chi connectivity index (χ4v) is 6.57. The van der Waals surface area contributed by atoms with E-state index in [0.29, 0.717) is 0 Å². The molecule has 0 nitrogen and oxygen atoms in total. The van der Waals surface area contributed by atoms with Gasteiger partial charge in [0.25, 0.3) is 0 Å². The Hall–Kier alpha value is 2.54. The molecule has 0 heterocycles. The van der Waals surface area contributed by atoms with Gasteiger partial charge >= 0.3 is 0 Å². The highest BCUT2D eigenvalue weighted by molar-refractivity contribution is 9.14. The van der Waals surface area contributed by atoms with Crippen molar-refractivity contribution in [3.05, 3.63) is 29.0 Å². The molecule has 0 amide bonds. The molecule has 18 heavy (non-hydrogen) atoms. The van der Waals surface area contributed by atoms with Crippen LogP contribution in [0.4, 0.5) is 0 Å². The molecular formula is C10H10Br4S4. The summed E-state index contributed by atoms with van der Waals surface area (Å²) in [7, 11) is 0. The second-order valence-electron chi connectivity index (χ2n) is 3.17. The molecule has 0 spiro atoms.